The molecule has 0 fully saturated rings. The van der Waals surface area contributed by atoms with E-state index in [0.29, 0.717) is 0 Å². The first-order valence-corrected chi connectivity index (χ1v) is 21.3. The lowest BCUT2D eigenvalue weighted by Crippen LogP contribution is -2.74. The van der Waals surface area contributed by atoms with Crippen LogP contribution in [0.1, 0.15) is 25.0 Å². The van der Waals surface area contributed by atoms with Crippen molar-refractivity contribution in [3.8, 4) is 11.3 Å². The summed E-state index contributed by atoms with van der Waals surface area (Å²) in [4.78, 5) is 12.3. The van der Waals surface area contributed by atoms with Gasteiger partial charge in [-0.2, -0.15) is 0 Å². The Morgan fingerprint density at radius 2 is 1.17 bits per heavy atom. The smallest absolute Gasteiger partial charge is 0.179 e. The number of hydrogen-bond acceptors (Lipinski definition) is 4. The first kappa shape index (κ1) is 32.5. The van der Waals surface area contributed by atoms with Gasteiger partial charge in [-0.05, 0) is 68.3 Å². The van der Waals surface area contributed by atoms with E-state index in [0.717, 1.165) is 17.1 Å². The molecule has 0 aliphatic carbocycles. The summed E-state index contributed by atoms with van der Waals surface area (Å²) in [6.45, 7) is 4.77. The van der Waals surface area contributed by atoms with E-state index in [9.17, 15) is 0 Å². The van der Waals surface area contributed by atoms with Crippen molar-refractivity contribution in [2.45, 2.75) is 19.3 Å². The lowest BCUT2D eigenvalue weighted by Gasteiger charge is -2.43. The Kier molecular flexibility index (Phi) is 7.68. The number of thiophene rings is 1. The molecule has 0 radical (unpaired) electrons. The molecule has 10 rings (SSSR count). The van der Waals surface area contributed by atoms with Gasteiger partial charge in [-0.3, -0.25) is 9.88 Å². The minimum atomic E-state index is -2.94. The van der Waals surface area contributed by atoms with Gasteiger partial charge in [0.05, 0.1) is 21.8 Å². The van der Waals surface area contributed by atoms with Crippen molar-refractivity contribution in [1.82, 2.24) is 9.97 Å². The lowest BCUT2D eigenvalue weighted by molar-refractivity contribution is 0.633. The molecule has 6 aromatic carbocycles. The van der Waals surface area contributed by atoms with Gasteiger partial charge < -0.3 is 0 Å². The molecule has 0 unspecified atom stereocenters. The minimum absolute atomic E-state index is 0.262. The number of anilines is 3. The number of fused-ring (bicyclic) bond motifs is 6. The van der Waals surface area contributed by atoms with E-state index in [2.05, 4.69) is 183 Å². The first-order valence-electron chi connectivity index (χ1n) is 18.5. The van der Waals surface area contributed by atoms with E-state index in [1.807, 2.05) is 35.9 Å². The van der Waals surface area contributed by atoms with Crippen molar-refractivity contribution in [2.75, 3.05) is 4.90 Å². The van der Waals surface area contributed by atoms with E-state index in [1.54, 1.807) is 0 Å². The molecule has 0 spiro atoms. The van der Waals surface area contributed by atoms with Crippen molar-refractivity contribution in [1.29, 1.82) is 0 Å². The maximum absolute atomic E-state index is 5.06. The normalized spacial score (nSPS) is 13.5. The van der Waals surface area contributed by atoms with Crippen molar-refractivity contribution in [2.24, 2.45) is 0 Å². The average molecular weight is 728 g/mol. The van der Waals surface area contributed by atoms with Crippen LogP contribution in [0.2, 0.25) is 0 Å². The Morgan fingerprint density at radius 1 is 0.519 bits per heavy atom. The van der Waals surface area contributed by atoms with Crippen molar-refractivity contribution in [3.05, 3.63) is 199 Å². The highest BCUT2D eigenvalue weighted by atomic mass is 32.1. The molecule has 0 saturated carbocycles. The third-order valence-corrected chi connectivity index (χ3v) is 17.3. The summed E-state index contributed by atoms with van der Waals surface area (Å²) in [5, 5.41) is 7.89. The van der Waals surface area contributed by atoms with Gasteiger partial charge in [0.2, 0.25) is 0 Å². The number of hydrogen-bond donors (Lipinski definition) is 0. The topological polar surface area (TPSA) is 29.0 Å². The predicted octanol–water partition coefficient (Wildman–Crippen LogP) is 10.00. The third-order valence-electron chi connectivity index (χ3n) is 11.3. The van der Waals surface area contributed by atoms with E-state index in [1.165, 1.54) is 63.4 Å². The Labute approximate surface area is 320 Å². The monoisotopic (exact) mass is 727 g/mol. The van der Waals surface area contributed by atoms with Gasteiger partial charge in [0, 0.05) is 38.8 Å². The summed E-state index contributed by atoms with van der Waals surface area (Å²) in [5.41, 5.74) is 6.83. The fourth-order valence-electron chi connectivity index (χ4n) is 8.79. The van der Waals surface area contributed by atoms with E-state index in [-0.39, 0.29) is 5.41 Å². The molecule has 258 valence electrons. The molecule has 4 heterocycles. The summed E-state index contributed by atoms with van der Waals surface area (Å²) >= 11 is 1.88. The number of nitrogens with zero attached hydrogens (tertiary/aromatic N) is 3. The molecular formula is C49H37N3SSi. The summed E-state index contributed by atoms with van der Waals surface area (Å²) in [5.74, 6) is 0.918. The second-order valence-electron chi connectivity index (χ2n) is 14.6. The summed E-state index contributed by atoms with van der Waals surface area (Å²) in [6, 6.07) is 64.8. The number of rotatable bonds is 6. The minimum Gasteiger partial charge on any atom is -0.293 e. The molecule has 3 nitrogen and oxygen atoms in total. The van der Waals surface area contributed by atoms with Crippen LogP contribution < -0.4 is 25.6 Å². The van der Waals surface area contributed by atoms with Crippen LogP contribution in [0.3, 0.4) is 0 Å². The molecule has 3 aromatic heterocycles. The maximum Gasteiger partial charge on any atom is 0.179 e. The molecular weight excluding hydrogens is 691 g/mol. The highest BCUT2D eigenvalue weighted by molar-refractivity contribution is 7.26. The molecule has 0 N–H and O–H groups in total. The van der Waals surface area contributed by atoms with Crippen LogP contribution >= 0.6 is 11.3 Å². The molecule has 0 atom stereocenters. The molecule has 9 aromatic rings. The van der Waals surface area contributed by atoms with Crippen LogP contribution in [0.4, 0.5) is 17.2 Å². The largest absolute Gasteiger partial charge is 0.293 e. The average Bonchev–Trinajstić information content (AvgIpc) is 3.62. The third kappa shape index (κ3) is 4.93. The van der Waals surface area contributed by atoms with Crippen molar-refractivity contribution < 1.29 is 0 Å². The molecule has 1 aliphatic rings. The highest BCUT2D eigenvalue weighted by Crippen LogP contribution is 2.55. The van der Waals surface area contributed by atoms with Gasteiger partial charge in [-0.1, -0.05) is 153 Å². The zero-order valence-corrected chi connectivity index (χ0v) is 32.0. The number of pyridine rings is 2. The molecule has 0 bridgehead atoms. The molecule has 0 amide bonds. The summed E-state index contributed by atoms with van der Waals surface area (Å²) in [7, 11) is -2.94. The Morgan fingerprint density at radius 3 is 1.89 bits per heavy atom. The maximum atomic E-state index is 5.06. The van der Waals surface area contributed by atoms with Gasteiger partial charge >= 0.3 is 0 Å². The molecule has 1 aliphatic heterocycles. The van der Waals surface area contributed by atoms with Crippen LogP contribution in [-0.2, 0) is 5.41 Å². The second-order valence-corrected chi connectivity index (χ2v) is 19.5. The van der Waals surface area contributed by atoms with E-state index < -0.39 is 8.07 Å². The Balaban J connectivity index is 1.31. The van der Waals surface area contributed by atoms with Crippen LogP contribution in [-0.4, -0.2) is 18.0 Å². The van der Waals surface area contributed by atoms with E-state index in [4.69, 9.17) is 9.97 Å². The fraction of sp³-hybridized carbons (Fsp3) is 0.0612. The fourth-order valence-corrected chi connectivity index (χ4v) is 14.8. The zero-order chi connectivity index (χ0) is 36.3. The van der Waals surface area contributed by atoms with Crippen molar-refractivity contribution in [3.63, 3.8) is 0 Å². The Bertz CT molecular complexity index is 2760. The number of benzene rings is 6. The quantitative estimate of drug-likeness (QED) is 0.126. The van der Waals surface area contributed by atoms with Gasteiger partial charge in [-0.15, -0.1) is 11.3 Å². The standard InChI is InChI=1S/C49H37N3SSi/c1-49(2)41-28-26-38(33-44(41)52(46-25-12-14-31-51-46)47-42(49)29-27-40-39-22-9-10-24-45(39)53-48(40)47)54(35-17-5-3-6-18-35,36-19-7-4-8-20-36)37-21-15-16-34(32-37)43-23-11-13-30-50-43/h3-33H,1-2H3. The van der Waals surface area contributed by atoms with Gasteiger partial charge in [0.1, 0.15) is 5.82 Å². The van der Waals surface area contributed by atoms with Crippen molar-refractivity contribution >= 4 is 77.5 Å². The van der Waals surface area contributed by atoms with E-state index >= 15 is 0 Å². The van der Waals surface area contributed by atoms with Crippen LogP contribution in [0.5, 0.6) is 0 Å². The predicted molar refractivity (Wildman–Crippen MR) is 231 cm³/mol. The SMILES string of the molecule is CC1(C)c2ccc([Si](c3ccccc3)(c3ccccc3)c3cccc(-c4ccccn4)c3)cc2N(c2ccccn2)c2c1ccc1c2sc2ccccc21. The second kappa shape index (κ2) is 12.8. The van der Waals surface area contributed by atoms with Crippen LogP contribution in [0.15, 0.2) is 188 Å². The van der Waals surface area contributed by atoms with Crippen LogP contribution in [0.25, 0.3) is 31.4 Å². The lowest BCUT2D eigenvalue weighted by atomic mass is 9.73. The zero-order valence-electron chi connectivity index (χ0n) is 30.1. The van der Waals surface area contributed by atoms with Gasteiger partial charge in [0.25, 0.3) is 0 Å². The first-order chi connectivity index (χ1) is 26.5. The van der Waals surface area contributed by atoms with Crippen LogP contribution in [0, 0.1) is 0 Å². The molecule has 54 heavy (non-hydrogen) atoms. The summed E-state index contributed by atoms with van der Waals surface area (Å²) in [6.07, 6.45) is 3.79. The highest BCUT2D eigenvalue weighted by Gasteiger charge is 2.45. The number of aromatic nitrogens is 2. The Hall–Kier alpha value is -6.14. The van der Waals surface area contributed by atoms with Gasteiger partial charge in [-0.25, -0.2) is 4.98 Å². The summed E-state index contributed by atoms with van der Waals surface area (Å²) < 4.78 is 2.59. The van der Waals surface area contributed by atoms with Gasteiger partial charge in [0.15, 0.2) is 8.07 Å². The molecule has 0 saturated heterocycles. The molecule has 5 heteroatoms.